The molecule has 1 aliphatic rings. The monoisotopic (exact) mass is 135 g/mol. The van der Waals surface area contributed by atoms with E-state index in [4.69, 9.17) is 0 Å². The molecule has 0 bridgehead atoms. The predicted molar refractivity (Wildman–Crippen MR) is 31.6 cm³/mol. The Kier molecular flexibility index (Phi) is 2.39. The van der Waals surface area contributed by atoms with Crippen LogP contribution >= 0.6 is 0 Å². The molecular weight excluding hydrogens is 124 g/mol. The Morgan fingerprint density at radius 2 is 2.11 bits per heavy atom. The van der Waals surface area contributed by atoms with E-state index in [-0.39, 0.29) is 0 Å². The van der Waals surface area contributed by atoms with E-state index in [1.807, 2.05) is 0 Å². The van der Waals surface area contributed by atoms with E-state index in [0.717, 1.165) is 19.4 Å². The first-order valence-corrected chi connectivity index (χ1v) is 3.32. The molecule has 0 aliphatic carbocycles. The molecular formula is C6H11F2N. The molecule has 1 aliphatic heterocycles. The van der Waals surface area contributed by atoms with E-state index in [0.29, 0.717) is 6.42 Å². The average Bonchev–Trinajstić information content (AvgIpc) is 1.90. The van der Waals surface area contributed by atoms with Crippen molar-refractivity contribution in [2.45, 2.75) is 31.7 Å². The van der Waals surface area contributed by atoms with Crippen LogP contribution in [0.15, 0.2) is 0 Å². The lowest BCUT2D eigenvalue weighted by atomic mass is 10.1. The summed E-state index contributed by atoms with van der Waals surface area (Å²) in [5, 5.41) is 2.77. The molecule has 9 heavy (non-hydrogen) atoms. The number of hydrogen-bond acceptors (Lipinski definition) is 1. The highest BCUT2D eigenvalue weighted by molar-refractivity contribution is 4.73. The molecule has 1 saturated heterocycles. The first-order valence-electron chi connectivity index (χ1n) is 3.32. The summed E-state index contributed by atoms with van der Waals surface area (Å²) in [5.74, 6) is 0. The zero-order valence-electron chi connectivity index (χ0n) is 5.24. The molecule has 0 spiro atoms. The molecule has 0 aromatic carbocycles. The van der Waals surface area contributed by atoms with Crippen LogP contribution in [0.25, 0.3) is 0 Å². The van der Waals surface area contributed by atoms with E-state index in [9.17, 15) is 8.78 Å². The van der Waals surface area contributed by atoms with Gasteiger partial charge in [0.05, 0.1) is 6.04 Å². The summed E-state index contributed by atoms with van der Waals surface area (Å²) in [5.41, 5.74) is 0. The Hall–Kier alpha value is -0.180. The van der Waals surface area contributed by atoms with Gasteiger partial charge in [0, 0.05) is 0 Å². The second-order valence-electron chi connectivity index (χ2n) is 2.39. The van der Waals surface area contributed by atoms with Gasteiger partial charge in [-0.05, 0) is 19.4 Å². The van der Waals surface area contributed by atoms with Crippen molar-refractivity contribution in [3.63, 3.8) is 0 Å². The van der Waals surface area contributed by atoms with Crippen molar-refractivity contribution in [1.29, 1.82) is 0 Å². The minimum Gasteiger partial charge on any atom is -0.309 e. The number of alkyl halides is 2. The van der Waals surface area contributed by atoms with Crippen LogP contribution in [0, 0.1) is 0 Å². The fourth-order valence-corrected chi connectivity index (χ4v) is 1.09. The highest BCUT2D eigenvalue weighted by atomic mass is 19.3. The first-order chi connectivity index (χ1) is 4.30. The van der Waals surface area contributed by atoms with Gasteiger partial charge in [-0.25, -0.2) is 8.78 Å². The van der Waals surface area contributed by atoms with Crippen molar-refractivity contribution < 1.29 is 8.78 Å². The third-order valence-electron chi connectivity index (χ3n) is 1.65. The second kappa shape index (κ2) is 3.11. The fourth-order valence-electron chi connectivity index (χ4n) is 1.09. The van der Waals surface area contributed by atoms with Gasteiger partial charge in [0.25, 0.3) is 6.43 Å². The highest BCUT2D eigenvalue weighted by Gasteiger charge is 2.21. The molecule has 0 aromatic heterocycles. The van der Waals surface area contributed by atoms with Gasteiger partial charge in [0.2, 0.25) is 0 Å². The largest absolute Gasteiger partial charge is 0.309 e. The third kappa shape index (κ3) is 1.90. The SMILES string of the molecule is FC(F)C1CCCCN1. The summed E-state index contributed by atoms with van der Waals surface area (Å²) in [6.07, 6.45) is 0.452. The Labute approximate surface area is 53.4 Å². The number of piperidine rings is 1. The molecule has 1 atom stereocenters. The van der Waals surface area contributed by atoms with Crippen LogP contribution in [0.1, 0.15) is 19.3 Å². The molecule has 1 heterocycles. The summed E-state index contributed by atoms with van der Waals surface area (Å²) in [6, 6.07) is -0.529. The lowest BCUT2D eigenvalue weighted by Gasteiger charge is -2.21. The molecule has 1 rings (SSSR count). The highest BCUT2D eigenvalue weighted by Crippen LogP contribution is 2.12. The van der Waals surface area contributed by atoms with Crippen molar-refractivity contribution in [2.75, 3.05) is 6.54 Å². The molecule has 0 amide bonds. The Morgan fingerprint density at radius 1 is 1.33 bits per heavy atom. The summed E-state index contributed by atoms with van der Waals surface area (Å²) < 4.78 is 23.7. The fraction of sp³-hybridized carbons (Fsp3) is 1.00. The Balaban J connectivity index is 2.23. The van der Waals surface area contributed by atoms with Gasteiger partial charge in [0.1, 0.15) is 0 Å². The molecule has 3 heteroatoms. The molecule has 1 fully saturated rings. The van der Waals surface area contributed by atoms with E-state index >= 15 is 0 Å². The maximum absolute atomic E-state index is 11.9. The molecule has 0 saturated carbocycles. The van der Waals surface area contributed by atoms with Crippen molar-refractivity contribution in [3.8, 4) is 0 Å². The zero-order chi connectivity index (χ0) is 6.69. The molecule has 1 N–H and O–H groups in total. The van der Waals surface area contributed by atoms with Gasteiger partial charge < -0.3 is 5.32 Å². The summed E-state index contributed by atoms with van der Waals surface area (Å²) in [7, 11) is 0. The standard InChI is InChI=1S/C6H11F2N/c7-6(8)5-3-1-2-4-9-5/h5-6,9H,1-4H2. The maximum atomic E-state index is 11.9. The summed E-state index contributed by atoms with van der Waals surface area (Å²) in [6.45, 7) is 0.759. The van der Waals surface area contributed by atoms with Crippen LogP contribution in [-0.2, 0) is 0 Å². The second-order valence-corrected chi connectivity index (χ2v) is 2.39. The van der Waals surface area contributed by atoms with Crippen LogP contribution in [0.5, 0.6) is 0 Å². The maximum Gasteiger partial charge on any atom is 0.253 e. The average molecular weight is 135 g/mol. The van der Waals surface area contributed by atoms with Crippen LogP contribution in [0.4, 0.5) is 8.78 Å². The minimum atomic E-state index is -2.18. The van der Waals surface area contributed by atoms with Crippen molar-refractivity contribution in [1.82, 2.24) is 5.32 Å². The van der Waals surface area contributed by atoms with Gasteiger partial charge >= 0.3 is 0 Å². The quantitative estimate of drug-likeness (QED) is 0.573. The van der Waals surface area contributed by atoms with Crippen LogP contribution in [0.3, 0.4) is 0 Å². The predicted octanol–water partition coefficient (Wildman–Crippen LogP) is 1.39. The van der Waals surface area contributed by atoms with Gasteiger partial charge in [0.15, 0.2) is 0 Å². The van der Waals surface area contributed by atoms with Gasteiger partial charge in [-0.2, -0.15) is 0 Å². The molecule has 54 valence electrons. The molecule has 1 unspecified atom stereocenters. The van der Waals surface area contributed by atoms with E-state index in [1.165, 1.54) is 0 Å². The Bertz CT molecular complexity index is 79.1. The van der Waals surface area contributed by atoms with E-state index in [1.54, 1.807) is 0 Å². The number of rotatable bonds is 1. The number of halogens is 2. The van der Waals surface area contributed by atoms with Crippen molar-refractivity contribution >= 4 is 0 Å². The van der Waals surface area contributed by atoms with Gasteiger partial charge in [-0.3, -0.25) is 0 Å². The smallest absolute Gasteiger partial charge is 0.253 e. The normalized spacial score (nSPS) is 29.0. The van der Waals surface area contributed by atoms with Crippen molar-refractivity contribution in [2.24, 2.45) is 0 Å². The van der Waals surface area contributed by atoms with Crippen molar-refractivity contribution in [3.05, 3.63) is 0 Å². The zero-order valence-corrected chi connectivity index (χ0v) is 5.24. The van der Waals surface area contributed by atoms with Crippen LogP contribution in [-0.4, -0.2) is 19.0 Å². The van der Waals surface area contributed by atoms with Gasteiger partial charge in [-0.1, -0.05) is 6.42 Å². The molecule has 0 aromatic rings. The number of nitrogens with one attached hydrogen (secondary N) is 1. The van der Waals surface area contributed by atoms with Crippen LogP contribution in [0.2, 0.25) is 0 Å². The minimum absolute atomic E-state index is 0.529. The lowest BCUT2D eigenvalue weighted by molar-refractivity contribution is 0.0852. The van der Waals surface area contributed by atoms with E-state index in [2.05, 4.69) is 5.32 Å². The van der Waals surface area contributed by atoms with E-state index < -0.39 is 12.5 Å². The topological polar surface area (TPSA) is 12.0 Å². The molecule has 1 nitrogen and oxygen atoms in total. The number of hydrogen-bond donors (Lipinski definition) is 1. The lowest BCUT2D eigenvalue weighted by Crippen LogP contribution is -2.39. The van der Waals surface area contributed by atoms with Gasteiger partial charge in [-0.15, -0.1) is 0 Å². The third-order valence-corrected chi connectivity index (χ3v) is 1.65. The van der Waals surface area contributed by atoms with Crippen LogP contribution < -0.4 is 5.32 Å². The Morgan fingerprint density at radius 3 is 2.44 bits per heavy atom. The summed E-state index contributed by atoms with van der Waals surface area (Å²) in [4.78, 5) is 0. The first kappa shape index (κ1) is 6.93. The molecule has 0 radical (unpaired) electrons. The summed E-state index contributed by atoms with van der Waals surface area (Å²) >= 11 is 0.